The van der Waals surface area contributed by atoms with E-state index in [0.717, 1.165) is 11.3 Å². The normalized spacial score (nSPS) is 12.5. The van der Waals surface area contributed by atoms with Gasteiger partial charge < -0.3 is 5.32 Å². The molecule has 2 aromatic rings. The van der Waals surface area contributed by atoms with E-state index in [1.54, 1.807) is 11.6 Å². The molecule has 0 bridgehead atoms. The van der Waals surface area contributed by atoms with Crippen molar-refractivity contribution in [3.63, 3.8) is 0 Å². The monoisotopic (exact) mass is 362 g/mol. The molecule has 8 nitrogen and oxygen atoms in total. The number of nitrogens with one attached hydrogen (secondary N) is 2. The molecule has 2 rings (SSSR count). The van der Waals surface area contributed by atoms with Gasteiger partial charge in [-0.05, 0) is 57.2 Å². The minimum absolute atomic E-state index is 0.412. The highest BCUT2D eigenvalue weighted by Crippen LogP contribution is 2.23. The van der Waals surface area contributed by atoms with E-state index in [4.69, 9.17) is 0 Å². The molecule has 1 heterocycles. The number of amides is 3. The molecule has 1 aromatic heterocycles. The predicted octanol–water partition coefficient (Wildman–Crippen LogP) is 2.08. The lowest BCUT2D eigenvalue weighted by Gasteiger charge is -2.21. The molecule has 0 aliphatic carbocycles. The first-order chi connectivity index (χ1) is 11.7. The second-order valence-corrected chi connectivity index (χ2v) is 7.97. The largest absolute Gasteiger partial charge is 0.333 e. The molecular weight excluding hydrogens is 340 g/mol. The Kier molecular flexibility index (Phi) is 5.78. The van der Waals surface area contributed by atoms with Crippen molar-refractivity contribution < 1.29 is 9.59 Å². The van der Waals surface area contributed by atoms with Crippen molar-refractivity contribution in [1.82, 2.24) is 30.8 Å². The van der Waals surface area contributed by atoms with Crippen LogP contribution in [0.2, 0.25) is 0 Å². The minimum atomic E-state index is -0.541. The zero-order valence-electron chi connectivity index (χ0n) is 14.9. The number of hydrogen-bond acceptors (Lipinski definition) is 6. The lowest BCUT2D eigenvalue weighted by molar-refractivity contribution is -0.119. The number of tetrazole rings is 1. The Bertz CT molecular complexity index is 751. The van der Waals surface area contributed by atoms with E-state index in [-0.39, 0.29) is 0 Å². The summed E-state index contributed by atoms with van der Waals surface area (Å²) >= 11 is 1.18. The first-order valence-electron chi connectivity index (χ1n) is 7.81. The van der Waals surface area contributed by atoms with Gasteiger partial charge in [-0.1, -0.05) is 29.5 Å². The SMILES string of the molecule is Cc1ccc(-n2nnnc2SC(C)C(=O)NC(=O)NC(C)(C)C)cc1. The first-order valence-corrected chi connectivity index (χ1v) is 8.69. The number of aromatic nitrogens is 4. The molecule has 2 N–H and O–H groups in total. The molecule has 0 radical (unpaired) electrons. The highest BCUT2D eigenvalue weighted by molar-refractivity contribution is 8.00. The van der Waals surface area contributed by atoms with Gasteiger partial charge in [-0.25, -0.2) is 4.79 Å². The van der Waals surface area contributed by atoms with Gasteiger partial charge in [0.15, 0.2) is 0 Å². The van der Waals surface area contributed by atoms with Gasteiger partial charge in [0.05, 0.1) is 10.9 Å². The maximum Gasteiger partial charge on any atom is 0.321 e. The molecule has 1 aromatic carbocycles. The molecule has 0 saturated carbocycles. The molecule has 1 atom stereocenters. The zero-order chi connectivity index (χ0) is 18.6. The van der Waals surface area contributed by atoms with Crippen LogP contribution < -0.4 is 10.6 Å². The topological polar surface area (TPSA) is 102 Å². The first kappa shape index (κ1) is 18.9. The number of thioether (sulfide) groups is 1. The fourth-order valence-electron chi connectivity index (χ4n) is 1.90. The van der Waals surface area contributed by atoms with Gasteiger partial charge in [-0.3, -0.25) is 10.1 Å². The van der Waals surface area contributed by atoms with Gasteiger partial charge in [0.2, 0.25) is 11.1 Å². The third kappa shape index (κ3) is 5.56. The standard InChI is InChI=1S/C16H22N6O2S/c1-10-6-8-12(9-7-10)22-15(19-20-21-22)25-11(2)13(23)17-14(24)18-16(3,4)5/h6-9,11H,1-5H3,(H2,17,18,23,24). The Labute approximate surface area is 150 Å². The zero-order valence-corrected chi connectivity index (χ0v) is 15.7. The minimum Gasteiger partial charge on any atom is -0.333 e. The summed E-state index contributed by atoms with van der Waals surface area (Å²) in [6, 6.07) is 7.19. The van der Waals surface area contributed by atoms with Crippen molar-refractivity contribution in [3.05, 3.63) is 29.8 Å². The summed E-state index contributed by atoms with van der Waals surface area (Å²) in [5.41, 5.74) is 1.51. The van der Waals surface area contributed by atoms with E-state index in [1.807, 2.05) is 52.0 Å². The van der Waals surface area contributed by atoms with E-state index in [1.165, 1.54) is 11.8 Å². The maximum absolute atomic E-state index is 12.2. The third-order valence-corrected chi connectivity index (χ3v) is 4.13. The summed E-state index contributed by atoms with van der Waals surface area (Å²) in [5, 5.41) is 16.5. The van der Waals surface area contributed by atoms with Crippen LogP contribution in [-0.4, -0.2) is 42.9 Å². The average molecular weight is 362 g/mol. The van der Waals surface area contributed by atoms with E-state index in [0.29, 0.717) is 5.16 Å². The van der Waals surface area contributed by atoms with E-state index < -0.39 is 22.7 Å². The van der Waals surface area contributed by atoms with Gasteiger partial charge in [-0.15, -0.1) is 5.10 Å². The van der Waals surface area contributed by atoms with Crippen LogP contribution in [-0.2, 0) is 4.79 Å². The number of aryl methyl sites for hydroxylation is 1. The van der Waals surface area contributed by atoms with Gasteiger partial charge >= 0.3 is 6.03 Å². The number of imide groups is 1. The van der Waals surface area contributed by atoms with E-state index >= 15 is 0 Å². The summed E-state index contributed by atoms with van der Waals surface area (Å²) in [6.07, 6.45) is 0. The van der Waals surface area contributed by atoms with Crippen molar-refractivity contribution in [1.29, 1.82) is 0 Å². The molecule has 1 unspecified atom stereocenters. The number of rotatable bonds is 4. The van der Waals surface area contributed by atoms with E-state index in [9.17, 15) is 9.59 Å². The van der Waals surface area contributed by atoms with Crippen LogP contribution in [0.5, 0.6) is 0 Å². The van der Waals surface area contributed by atoms with Crippen LogP contribution >= 0.6 is 11.8 Å². The predicted molar refractivity (Wildman–Crippen MR) is 95.6 cm³/mol. The van der Waals surface area contributed by atoms with Crippen LogP contribution in [0.4, 0.5) is 4.79 Å². The summed E-state index contributed by atoms with van der Waals surface area (Å²) in [5.74, 6) is -0.412. The van der Waals surface area contributed by atoms with Gasteiger partial charge in [-0.2, -0.15) is 4.68 Å². The van der Waals surface area contributed by atoms with Crippen LogP contribution in [0.15, 0.2) is 29.4 Å². The smallest absolute Gasteiger partial charge is 0.321 e. The Balaban J connectivity index is 2.02. The van der Waals surface area contributed by atoms with Crippen molar-refractivity contribution in [2.24, 2.45) is 0 Å². The lowest BCUT2D eigenvalue weighted by atomic mass is 10.1. The fourth-order valence-corrected chi connectivity index (χ4v) is 2.71. The summed E-state index contributed by atoms with van der Waals surface area (Å²) in [7, 11) is 0. The van der Waals surface area contributed by atoms with Crippen LogP contribution in [0, 0.1) is 6.92 Å². The molecule has 3 amide bonds. The number of benzene rings is 1. The average Bonchev–Trinajstić information content (AvgIpc) is 2.94. The van der Waals surface area contributed by atoms with Crippen molar-refractivity contribution in [2.45, 2.75) is 50.6 Å². The number of urea groups is 1. The third-order valence-electron chi connectivity index (χ3n) is 3.10. The molecular formula is C16H22N6O2S. The molecule has 134 valence electrons. The number of nitrogens with zero attached hydrogens (tertiary/aromatic N) is 4. The Hall–Kier alpha value is -2.42. The lowest BCUT2D eigenvalue weighted by Crippen LogP contribution is -2.49. The molecule has 0 spiro atoms. The summed E-state index contributed by atoms with van der Waals surface area (Å²) < 4.78 is 1.56. The number of hydrogen-bond donors (Lipinski definition) is 2. The Morgan fingerprint density at radius 1 is 1.20 bits per heavy atom. The molecule has 9 heteroatoms. The van der Waals surface area contributed by atoms with Gasteiger partial charge in [0, 0.05) is 5.54 Å². The molecule has 0 saturated heterocycles. The summed E-state index contributed by atoms with van der Waals surface area (Å²) in [6.45, 7) is 9.20. The van der Waals surface area contributed by atoms with Crippen LogP contribution in [0.25, 0.3) is 5.69 Å². The fraction of sp³-hybridized carbons (Fsp3) is 0.438. The van der Waals surface area contributed by atoms with Crippen molar-refractivity contribution in [2.75, 3.05) is 0 Å². The van der Waals surface area contributed by atoms with Crippen molar-refractivity contribution in [3.8, 4) is 5.69 Å². The molecule has 25 heavy (non-hydrogen) atoms. The second-order valence-electron chi connectivity index (χ2n) is 6.66. The Morgan fingerprint density at radius 3 is 2.44 bits per heavy atom. The van der Waals surface area contributed by atoms with Crippen molar-refractivity contribution >= 4 is 23.7 Å². The van der Waals surface area contributed by atoms with Gasteiger partial charge in [0.25, 0.3) is 0 Å². The quantitative estimate of drug-likeness (QED) is 0.808. The van der Waals surface area contributed by atoms with Crippen LogP contribution in [0.3, 0.4) is 0 Å². The molecule has 0 aliphatic heterocycles. The Morgan fingerprint density at radius 2 is 1.84 bits per heavy atom. The molecule has 0 aliphatic rings. The van der Waals surface area contributed by atoms with E-state index in [2.05, 4.69) is 26.2 Å². The molecule has 0 fully saturated rings. The van der Waals surface area contributed by atoms with Crippen LogP contribution in [0.1, 0.15) is 33.3 Å². The summed E-state index contributed by atoms with van der Waals surface area (Å²) in [4.78, 5) is 24.0. The maximum atomic E-state index is 12.2. The highest BCUT2D eigenvalue weighted by atomic mass is 32.2. The number of carbonyl (C=O) groups is 2. The second kappa shape index (κ2) is 7.64. The van der Waals surface area contributed by atoms with Gasteiger partial charge in [0.1, 0.15) is 0 Å². The number of carbonyl (C=O) groups excluding carboxylic acids is 2. The highest BCUT2D eigenvalue weighted by Gasteiger charge is 2.22.